The van der Waals surface area contributed by atoms with Crippen LogP contribution in [0.2, 0.25) is 0 Å². The van der Waals surface area contributed by atoms with Crippen LogP contribution in [-0.2, 0) is 4.79 Å². The topological polar surface area (TPSA) is 70.6 Å². The van der Waals surface area contributed by atoms with Crippen molar-refractivity contribution in [3.05, 3.63) is 35.9 Å². The Morgan fingerprint density at radius 1 is 1.33 bits per heavy atom. The van der Waals surface area contributed by atoms with Crippen LogP contribution in [0.15, 0.2) is 35.4 Å². The molecule has 0 fully saturated rings. The normalized spacial score (nSPS) is 16.5. The summed E-state index contributed by atoms with van der Waals surface area (Å²) in [5, 5.41) is 6.82. The summed E-state index contributed by atoms with van der Waals surface area (Å²) in [6, 6.07) is 8.83. The van der Waals surface area contributed by atoms with E-state index in [9.17, 15) is 9.59 Å². The van der Waals surface area contributed by atoms with Gasteiger partial charge in [0, 0.05) is 12.0 Å². The summed E-state index contributed by atoms with van der Waals surface area (Å²) >= 11 is 0. The predicted molar refractivity (Wildman–Crippen MR) is 68.2 cm³/mol. The van der Waals surface area contributed by atoms with Crippen LogP contribution in [0.5, 0.6) is 0 Å². The van der Waals surface area contributed by atoms with E-state index in [2.05, 4.69) is 15.8 Å². The lowest BCUT2D eigenvalue weighted by atomic mass is 10.1. The third-order valence-electron chi connectivity index (χ3n) is 2.82. The molecule has 1 aliphatic rings. The van der Waals surface area contributed by atoms with E-state index in [1.165, 1.54) is 0 Å². The predicted octanol–water partition coefficient (Wildman–Crippen LogP) is 1.07. The molecule has 2 amide bonds. The Morgan fingerprint density at radius 2 is 2.06 bits per heavy atom. The van der Waals surface area contributed by atoms with Gasteiger partial charge in [0.25, 0.3) is 5.91 Å². The monoisotopic (exact) mass is 245 g/mol. The summed E-state index contributed by atoms with van der Waals surface area (Å²) in [5.41, 5.74) is 3.83. The van der Waals surface area contributed by atoms with E-state index in [1.54, 1.807) is 12.1 Å². The van der Waals surface area contributed by atoms with Crippen LogP contribution in [0.4, 0.5) is 0 Å². The van der Waals surface area contributed by atoms with E-state index in [0.29, 0.717) is 18.4 Å². The van der Waals surface area contributed by atoms with Crippen LogP contribution in [0, 0.1) is 0 Å². The molecule has 0 radical (unpaired) electrons. The van der Waals surface area contributed by atoms with E-state index < -0.39 is 0 Å². The Balaban J connectivity index is 1.98. The minimum atomic E-state index is -0.182. The maximum atomic E-state index is 11.9. The summed E-state index contributed by atoms with van der Waals surface area (Å²) in [5.74, 6) is -0.219. The second-order valence-electron chi connectivity index (χ2n) is 4.20. The van der Waals surface area contributed by atoms with Crippen molar-refractivity contribution in [2.75, 3.05) is 0 Å². The van der Waals surface area contributed by atoms with Crippen molar-refractivity contribution >= 4 is 17.5 Å². The number of benzene rings is 1. The molecule has 0 aromatic heterocycles. The molecule has 94 valence electrons. The van der Waals surface area contributed by atoms with E-state index in [4.69, 9.17) is 0 Å². The van der Waals surface area contributed by atoms with Gasteiger partial charge in [-0.15, -0.1) is 0 Å². The highest BCUT2D eigenvalue weighted by Crippen LogP contribution is 2.05. The average molecular weight is 245 g/mol. The summed E-state index contributed by atoms with van der Waals surface area (Å²) in [6.07, 6.45) is 1.01. The SMILES string of the molecule is CC(NC(=O)c1ccccc1)C1=NNC(=O)CC1. The number of rotatable bonds is 3. The molecule has 2 rings (SSSR count). The quantitative estimate of drug-likeness (QED) is 0.836. The van der Waals surface area contributed by atoms with Gasteiger partial charge in [-0.05, 0) is 25.5 Å². The van der Waals surface area contributed by atoms with Crippen molar-refractivity contribution in [2.24, 2.45) is 5.10 Å². The van der Waals surface area contributed by atoms with Gasteiger partial charge in [0.2, 0.25) is 5.91 Å². The van der Waals surface area contributed by atoms with Gasteiger partial charge in [0.05, 0.1) is 11.8 Å². The first-order valence-electron chi connectivity index (χ1n) is 5.88. The molecule has 5 nitrogen and oxygen atoms in total. The van der Waals surface area contributed by atoms with Crippen LogP contribution < -0.4 is 10.7 Å². The summed E-state index contributed by atoms with van der Waals surface area (Å²) in [4.78, 5) is 22.9. The lowest BCUT2D eigenvalue weighted by Crippen LogP contribution is -2.41. The number of nitrogens with one attached hydrogen (secondary N) is 2. The first-order chi connectivity index (χ1) is 8.66. The van der Waals surface area contributed by atoms with Gasteiger partial charge in [-0.2, -0.15) is 5.10 Å². The molecule has 2 N–H and O–H groups in total. The van der Waals surface area contributed by atoms with Gasteiger partial charge in [-0.1, -0.05) is 18.2 Å². The van der Waals surface area contributed by atoms with Crippen molar-refractivity contribution < 1.29 is 9.59 Å². The molecule has 0 bridgehead atoms. The maximum Gasteiger partial charge on any atom is 0.251 e. The van der Waals surface area contributed by atoms with E-state index in [1.807, 2.05) is 25.1 Å². The molecule has 1 atom stereocenters. The molecular formula is C13H15N3O2. The fraction of sp³-hybridized carbons (Fsp3) is 0.308. The minimum absolute atomic E-state index is 0.0830. The summed E-state index contributed by atoms with van der Waals surface area (Å²) in [6.45, 7) is 1.86. The first kappa shape index (κ1) is 12.3. The summed E-state index contributed by atoms with van der Waals surface area (Å²) < 4.78 is 0. The molecule has 1 aromatic carbocycles. The Hall–Kier alpha value is -2.17. The van der Waals surface area contributed by atoms with Crippen molar-refractivity contribution in [3.63, 3.8) is 0 Å². The number of nitrogens with zero attached hydrogens (tertiary/aromatic N) is 1. The second-order valence-corrected chi connectivity index (χ2v) is 4.20. The zero-order valence-corrected chi connectivity index (χ0v) is 10.1. The van der Waals surface area contributed by atoms with Crippen LogP contribution in [0.25, 0.3) is 0 Å². The molecule has 0 spiro atoms. The molecule has 1 heterocycles. The lowest BCUT2D eigenvalue weighted by Gasteiger charge is -2.19. The van der Waals surface area contributed by atoms with Crippen LogP contribution in [-0.4, -0.2) is 23.6 Å². The highest BCUT2D eigenvalue weighted by atomic mass is 16.2. The summed E-state index contributed by atoms with van der Waals surface area (Å²) in [7, 11) is 0. The molecule has 1 unspecified atom stereocenters. The largest absolute Gasteiger partial charge is 0.344 e. The van der Waals surface area contributed by atoms with Gasteiger partial charge in [-0.25, -0.2) is 5.43 Å². The molecule has 1 aliphatic heterocycles. The van der Waals surface area contributed by atoms with Crippen molar-refractivity contribution in [1.82, 2.24) is 10.7 Å². The minimum Gasteiger partial charge on any atom is -0.344 e. The molecule has 0 saturated heterocycles. The van der Waals surface area contributed by atoms with Gasteiger partial charge in [-0.3, -0.25) is 9.59 Å². The third-order valence-corrected chi connectivity index (χ3v) is 2.82. The fourth-order valence-electron chi connectivity index (χ4n) is 1.75. The van der Waals surface area contributed by atoms with Gasteiger partial charge >= 0.3 is 0 Å². The van der Waals surface area contributed by atoms with E-state index in [-0.39, 0.29) is 17.9 Å². The van der Waals surface area contributed by atoms with Crippen molar-refractivity contribution in [1.29, 1.82) is 0 Å². The highest BCUT2D eigenvalue weighted by Gasteiger charge is 2.19. The smallest absolute Gasteiger partial charge is 0.251 e. The van der Waals surface area contributed by atoms with E-state index >= 15 is 0 Å². The number of hydrazone groups is 1. The van der Waals surface area contributed by atoms with Gasteiger partial charge in [0.1, 0.15) is 0 Å². The Bertz CT molecular complexity index is 482. The molecule has 1 aromatic rings. The zero-order chi connectivity index (χ0) is 13.0. The van der Waals surface area contributed by atoms with Crippen LogP contribution in [0.1, 0.15) is 30.1 Å². The Labute approximate surface area is 105 Å². The zero-order valence-electron chi connectivity index (χ0n) is 10.1. The molecule has 0 aliphatic carbocycles. The first-order valence-corrected chi connectivity index (χ1v) is 5.88. The highest BCUT2D eigenvalue weighted by molar-refractivity contribution is 6.01. The van der Waals surface area contributed by atoms with Gasteiger partial charge < -0.3 is 5.32 Å². The number of hydrogen-bond acceptors (Lipinski definition) is 3. The second kappa shape index (κ2) is 5.44. The van der Waals surface area contributed by atoms with Crippen LogP contribution in [0.3, 0.4) is 0 Å². The number of carbonyl (C=O) groups excluding carboxylic acids is 2. The van der Waals surface area contributed by atoms with Gasteiger partial charge in [0.15, 0.2) is 0 Å². The standard InChI is InChI=1S/C13H15N3O2/c1-9(11-7-8-12(17)16-15-11)14-13(18)10-5-3-2-4-6-10/h2-6,9H,7-8H2,1H3,(H,14,18)(H,16,17). The number of amides is 2. The van der Waals surface area contributed by atoms with Crippen LogP contribution >= 0.6 is 0 Å². The Kier molecular flexibility index (Phi) is 3.72. The van der Waals surface area contributed by atoms with E-state index in [0.717, 1.165) is 5.71 Å². The molecular weight excluding hydrogens is 230 g/mol. The number of carbonyl (C=O) groups is 2. The van der Waals surface area contributed by atoms with Crippen molar-refractivity contribution in [3.8, 4) is 0 Å². The lowest BCUT2D eigenvalue weighted by molar-refractivity contribution is -0.121. The Morgan fingerprint density at radius 3 is 2.67 bits per heavy atom. The molecule has 5 heteroatoms. The maximum absolute atomic E-state index is 11.9. The molecule has 0 saturated carbocycles. The third kappa shape index (κ3) is 2.94. The van der Waals surface area contributed by atoms with Crippen molar-refractivity contribution in [2.45, 2.75) is 25.8 Å². The average Bonchev–Trinajstić information content (AvgIpc) is 2.40. The number of hydrogen-bond donors (Lipinski definition) is 2. The molecule has 18 heavy (non-hydrogen) atoms. The fourth-order valence-corrected chi connectivity index (χ4v) is 1.75.